The van der Waals surface area contributed by atoms with Gasteiger partial charge in [0.25, 0.3) is 0 Å². The second-order valence-corrected chi connectivity index (χ2v) is 4.35. The summed E-state index contributed by atoms with van der Waals surface area (Å²) >= 11 is 5.97. The maximum Gasteiger partial charge on any atom is 0.0412 e. The van der Waals surface area contributed by atoms with Crippen LogP contribution >= 0.6 is 11.6 Å². The Bertz CT molecular complexity index is 380. The molecule has 0 heterocycles. The number of fused-ring (bicyclic) bond motifs is 1. The second kappa shape index (κ2) is 3.76. The molecule has 1 atom stereocenters. The molecule has 0 spiro atoms. The van der Waals surface area contributed by atoms with Crippen LogP contribution in [-0.4, -0.2) is 6.04 Å². The molecule has 0 saturated carbocycles. The smallest absolute Gasteiger partial charge is 0.0412 e. The van der Waals surface area contributed by atoms with Gasteiger partial charge in [-0.05, 0) is 48.6 Å². The highest BCUT2D eigenvalue weighted by Gasteiger charge is 2.14. The lowest BCUT2D eigenvalue weighted by Gasteiger charge is -2.08. The molecule has 2 heteroatoms. The molecule has 74 valence electrons. The first-order valence-electron chi connectivity index (χ1n) is 4.90. The van der Waals surface area contributed by atoms with Gasteiger partial charge in [0.15, 0.2) is 0 Å². The van der Waals surface area contributed by atoms with E-state index in [4.69, 9.17) is 17.3 Å². The van der Waals surface area contributed by atoms with Crippen molar-refractivity contribution in [1.82, 2.24) is 0 Å². The van der Waals surface area contributed by atoms with Gasteiger partial charge in [0, 0.05) is 11.1 Å². The molecule has 0 aromatic heterocycles. The Morgan fingerprint density at radius 1 is 1.50 bits per heavy atom. The van der Waals surface area contributed by atoms with Crippen LogP contribution in [0.2, 0.25) is 5.02 Å². The van der Waals surface area contributed by atoms with E-state index < -0.39 is 0 Å². The maximum atomic E-state index is 5.97. The molecule has 0 saturated heterocycles. The first kappa shape index (κ1) is 9.75. The first-order chi connectivity index (χ1) is 6.66. The Hall–Kier alpha value is -0.790. The molecule has 2 rings (SSSR count). The van der Waals surface area contributed by atoms with E-state index in [0.29, 0.717) is 0 Å². The molecule has 1 unspecified atom stereocenters. The van der Waals surface area contributed by atoms with Crippen molar-refractivity contribution in [3.05, 3.63) is 40.4 Å². The molecular formula is C12H14ClN. The van der Waals surface area contributed by atoms with Gasteiger partial charge in [0.1, 0.15) is 0 Å². The highest BCUT2D eigenvalue weighted by Crippen LogP contribution is 2.32. The molecule has 1 aliphatic carbocycles. The van der Waals surface area contributed by atoms with Gasteiger partial charge < -0.3 is 5.73 Å². The van der Waals surface area contributed by atoms with Crippen LogP contribution in [0, 0.1) is 0 Å². The zero-order chi connectivity index (χ0) is 10.1. The number of benzene rings is 1. The van der Waals surface area contributed by atoms with E-state index >= 15 is 0 Å². The zero-order valence-electron chi connectivity index (χ0n) is 8.26. The zero-order valence-corrected chi connectivity index (χ0v) is 9.01. The van der Waals surface area contributed by atoms with Crippen LogP contribution in [-0.2, 0) is 6.42 Å². The summed E-state index contributed by atoms with van der Waals surface area (Å²) in [7, 11) is 0. The lowest BCUT2D eigenvalue weighted by Crippen LogP contribution is -2.14. The fourth-order valence-corrected chi connectivity index (χ4v) is 2.08. The third kappa shape index (κ3) is 1.84. The average molecular weight is 208 g/mol. The van der Waals surface area contributed by atoms with Gasteiger partial charge in [-0.1, -0.05) is 23.7 Å². The normalized spacial score (nSPS) is 16.4. The van der Waals surface area contributed by atoms with Gasteiger partial charge in [0.2, 0.25) is 0 Å². The van der Waals surface area contributed by atoms with Crippen LogP contribution in [0.3, 0.4) is 0 Å². The summed E-state index contributed by atoms with van der Waals surface area (Å²) in [6, 6.07) is 6.30. The predicted octanol–water partition coefficient (Wildman–Crippen LogP) is 3.02. The molecule has 0 aliphatic heterocycles. The highest BCUT2D eigenvalue weighted by molar-refractivity contribution is 6.30. The maximum absolute atomic E-state index is 5.97. The molecule has 0 amide bonds. The van der Waals surface area contributed by atoms with Crippen molar-refractivity contribution in [3.8, 4) is 0 Å². The Morgan fingerprint density at radius 2 is 2.29 bits per heavy atom. The van der Waals surface area contributed by atoms with Gasteiger partial charge in [-0.3, -0.25) is 0 Å². The topological polar surface area (TPSA) is 26.0 Å². The summed E-state index contributed by atoms with van der Waals surface area (Å²) in [5.74, 6) is 0. The summed E-state index contributed by atoms with van der Waals surface area (Å²) in [5, 5.41) is 0.807. The summed E-state index contributed by atoms with van der Waals surface area (Å²) in [6.45, 7) is 2.03. The molecule has 1 aromatic carbocycles. The minimum Gasteiger partial charge on any atom is -0.328 e. The van der Waals surface area contributed by atoms with Crippen LogP contribution in [0.5, 0.6) is 0 Å². The molecule has 1 aromatic rings. The number of halogens is 1. The number of allylic oxidation sites excluding steroid dienone is 1. The predicted molar refractivity (Wildman–Crippen MR) is 61.4 cm³/mol. The molecular weight excluding hydrogens is 194 g/mol. The van der Waals surface area contributed by atoms with Crippen LogP contribution in [0.1, 0.15) is 24.5 Å². The number of nitrogens with two attached hydrogens (primary N) is 1. The quantitative estimate of drug-likeness (QED) is 0.793. The van der Waals surface area contributed by atoms with Gasteiger partial charge >= 0.3 is 0 Å². The molecule has 1 nitrogen and oxygen atoms in total. The molecule has 1 aliphatic rings. The number of hydrogen-bond donors (Lipinski definition) is 1. The van der Waals surface area contributed by atoms with Crippen molar-refractivity contribution < 1.29 is 0 Å². The lowest BCUT2D eigenvalue weighted by atomic mass is 10.0. The van der Waals surface area contributed by atoms with Gasteiger partial charge in [-0.2, -0.15) is 0 Å². The Balaban J connectivity index is 2.31. The van der Waals surface area contributed by atoms with E-state index in [1.807, 2.05) is 19.1 Å². The largest absolute Gasteiger partial charge is 0.328 e. The summed E-state index contributed by atoms with van der Waals surface area (Å²) in [6.07, 6.45) is 4.21. The van der Waals surface area contributed by atoms with Crippen LogP contribution < -0.4 is 5.73 Å². The SMILES string of the molecule is CC(N)CC1=CCc2ccc(Cl)cc21. The minimum atomic E-state index is 0.214. The molecule has 0 fully saturated rings. The van der Waals surface area contributed by atoms with E-state index in [2.05, 4.69) is 12.1 Å². The Morgan fingerprint density at radius 3 is 3.00 bits per heavy atom. The van der Waals surface area contributed by atoms with Crippen molar-refractivity contribution >= 4 is 17.2 Å². The first-order valence-corrected chi connectivity index (χ1v) is 5.28. The van der Waals surface area contributed by atoms with E-state index in [1.165, 1.54) is 16.7 Å². The summed E-state index contributed by atoms with van der Waals surface area (Å²) in [4.78, 5) is 0. The van der Waals surface area contributed by atoms with Crippen LogP contribution in [0.15, 0.2) is 24.3 Å². The Kier molecular flexibility index (Phi) is 2.62. The van der Waals surface area contributed by atoms with Crippen molar-refractivity contribution in [3.63, 3.8) is 0 Å². The Labute approximate surface area is 89.6 Å². The van der Waals surface area contributed by atoms with Crippen LogP contribution in [0.25, 0.3) is 5.57 Å². The summed E-state index contributed by atoms with van der Waals surface area (Å²) in [5.41, 5.74) is 9.79. The van der Waals surface area contributed by atoms with E-state index in [0.717, 1.165) is 17.9 Å². The standard InChI is InChI=1S/C12H14ClN/c1-8(14)6-10-3-2-9-4-5-11(13)7-12(9)10/h3-5,7-8H,2,6,14H2,1H3. The monoisotopic (exact) mass is 207 g/mol. The van der Waals surface area contributed by atoms with Crippen molar-refractivity contribution in [2.45, 2.75) is 25.8 Å². The second-order valence-electron chi connectivity index (χ2n) is 3.92. The van der Waals surface area contributed by atoms with Gasteiger partial charge in [-0.25, -0.2) is 0 Å². The lowest BCUT2D eigenvalue weighted by molar-refractivity contribution is 0.768. The van der Waals surface area contributed by atoms with Crippen molar-refractivity contribution in [2.75, 3.05) is 0 Å². The minimum absolute atomic E-state index is 0.214. The van der Waals surface area contributed by atoms with Crippen LogP contribution in [0.4, 0.5) is 0 Å². The van der Waals surface area contributed by atoms with Gasteiger partial charge in [-0.15, -0.1) is 0 Å². The summed E-state index contributed by atoms with van der Waals surface area (Å²) < 4.78 is 0. The molecule has 14 heavy (non-hydrogen) atoms. The van der Waals surface area contributed by atoms with Crippen molar-refractivity contribution in [2.24, 2.45) is 5.73 Å². The molecule has 0 bridgehead atoms. The van der Waals surface area contributed by atoms with E-state index in [9.17, 15) is 0 Å². The average Bonchev–Trinajstić information content (AvgIpc) is 2.47. The third-order valence-corrected chi connectivity index (χ3v) is 2.76. The van der Waals surface area contributed by atoms with E-state index in [1.54, 1.807) is 0 Å². The van der Waals surface area contributed by atoms with Crippen molar-refractivity contribution in [1.29, 1.82) is 0 Å². The highest BCUT2D eigenvalue weighted by atomic mass is 35.5. The molecule has 0 radical (unpaired) electrons. The molecule has 2 N–H and O–H groups in total. The fourth-order valence-electron chi connectivity index (χ4n) is 1.91. The van der Waals surface area contributed by atoms with Gasteiger partial charge in [0.05, 0.1) is 0 Å². The number of hydrogen-bond acceptors (Lipinski definition) is 1. The van der Waals surface area contributed by atoms with E-state index in [-0.39, 0.29) is 6.04 Å². The number of rotatable bonds is 2. The fraction of sp³-hybridized carbons (Fsp3) is 0.333. The third-order valence-electron chi connectivity index (χ3n) is 2.53.